The first-order valence-electron chi connectivity index (χ1n) is 6.74. The number of urea groups is 1. The highest BCUT2D eigenvalue weighted by Gasteiger charge is 2.18. The van der Waals surface area contributed by atoms with Crippen molar-refractivity contribution in [1.82, 2.24) is 5.32 Å². The Balaban J connectivity index is 1.99. The number of benzene rings is 1. The standard InChI is InChI=1S/C14H16F2N2O3/c15-10-6-11(16)12(5-9(10)13(19)20)18-14(21)17-7-8-3-1-2-4-8/h5-6,8H,1-4,7H2,(H,19,20)(H2,17,18,21). The molecule has 1 fully saturated rings. The first-order chi connectivity index (χ1) is 9.97. The Bertz CT molecular complexity index is 557. The molecule has 1 aliphatic carbocycles. The van der Waals surface area contributed by atoms with E-state index < -0.39 is 29.2 Å². The molecule has 0 spiro atoms. The molecule has 0 atom stereocenters. The summed E-state index contributed by atoms with van der Waals surface area (Å²) in [4.78, 5) is 22.4. The van der Waals surface area contributed by atoms with E-state index in [4.69, 9.17) is 5.11 Å². The van der Waals surface area contributed by atoms with Crippen molar-refractivity contribution < 1.29 is 23.5 Å². The summed E-state index contributed by atoms with van der Waals surface area (Å²) in [6.07, 6.45) is 4.38. The molecule has 0 aliphatic heterocycles. The van der Waals surface area contributed by atoms with E-state index in [-0.39, 0.29) is 5.69 Å². The third-order valence-electron chi connectivity index (χ3n) is 3.56. The molecule has 21 heavy (non-hydrogen) atoms. The number of carboxylic acids is 1. The number of rotatable bonds is 4. The number of amides is 2. The lowest BCUT2D eigenvalue weighted by atomic mass is 10.1. The molecular formula is C14H16F2N2O3. The fourth-order valence-corrected chi connectivity index (χ4v) is 2.43. The molecule has 0 radical (unpaired) electrons. The summed E-state index contributed by atoms with van der Waals surface area (Å²) in [6, 6.07) is 0.571. The summed E-state index contributed by atoms with van der Waals surface area (Å²) in [6.45, 7) is 0.487. The molecule has 7 heteroatoms. The topological polar surface area (TPSA) is 78.4 Å². The van der Waals surface area contributed by atoms with Gasteiger partial charge in [-0.2, -0.15) is 0 Å². The predicted octanol–water partition coefficient (Wildman–Crippen LogP) is 2.97. The van der Waals surface area contributed by atoms with E-state index >= 15 is 0 Å². The highest BCUT2D eigenvalue weighted by Crippen LogP contribution is 2.24. The maximum atomic E-state index is 13.5. The van der Waals surface area contributed by atoms with Crippen molar-refractivity contribution in [3.8, 4) is 0 Å². The largest absolute Gasteiger partial charge is 0.478 e. The van der Waals surface area contributed by atoms with Crippen LogP contribution in [-0.4, -0.2) is 23.7 Å². The number of halogens is 2. The van der Waals surface area contributed by atoms with Crippen LogP contribution in [-0.2, 0) is 0 Å². The summed E-state index contributed by atoms with van der Waals surface area (Å²) in [5, 5.41) is 13.6. The maximum absolute atomic E-state index is 13.5. The van der Waals surface area contributed by atoms with Gasteiger partial charge in [0, 0.05) is 12.6 Å². The van der Waals surface area contributed by atoms with Crippen LogP contribution in [0.3, 0.4) is 0 Å². The number of aromatic carboxylic acids is 1. The molecule has 1 aliphatic rings. The van der Waals surface area contributed by atoms with Gasteiger partial charge < -0.3 is 15.7 Å². The number of anilines is 1. The van der Waals surface area contributed by atoms with E-state index in [0.717, 1.165) is 31.7 Å². The molecular weight excluding hydrogens is 282 g/mol. The average molecular weight is 298 g/mol. The van der Waals surface area contributed by atoms with E-state index in [1.165, 1.54) is 0 Å². The molecule has 0 aromatic heterocycles. The van der Waals surface area contributed by atoms with Crippen molar-refractivity contribution in [2.45, 2.75) is 25.7 Å². The minimum absolute atomic E-state index is 0.363. The van der Waals surface area contributed by atoms with Crippen molar-refractivity contribution in [3.05, 3.63) is 29.3 Å². The van der Waals surface area contributed by atoms with Crippen LogP contribution in [0, 0.1) is 17.6 Å². The van der Waals surface area contributed by atoms with Crippen molar-refractivity contribution in [2.75, 3.05) is 11.9 Å². The molecule has 1 saturated carbocycles. The fraction of sp³-hybridized carbons (Fsp3) is 0.429. The Hall–Kier alpha value is -2.18. The summed E-state index contributed by atoms with van der Waals surface area (Å²) >= 11 is 0. The fourth-order valence-electron chi connectivity index (χ4n) is 2.43. The van der Waals surface area contributed by atoms with Gasteiger partial charge in [-0.25, -0.2) is 18.4 Å². The highest BCUT2D eigenvalue weighted by molar-refractivity contribution is 5.93. The Morgan fingerprint density at radius 1 is 1.19 bits per heavy atom. The number of hydrogen-bond acceptors (Lipinski definition) is 2. The number of carboxylic acid groups (broad SMARTS) is 1. The minimum atomic E-state index is -1.53. The molecule has 0 bridgehead atoms. The molecule has 5 nitrogen and oxygen atoms in total. The third-order valence-corrected chi connectivity index (χ3v) is 3.56. The van der Waals surface area contributed by atoms with Gasteiger partial charge in [-0.15, -0.1) is 0 Å². The average Bonchev–Trinajstić information content (AvgIpc) is 2.92. The Morgan fingerprint density at radius 3 is 2.48 bits per heavy atom. The number of carbonyl (C=O) groups excluding carboxylic acids is 1. The van der Waals surface area contributed by atoms with Crippen LogP contribution < -0.4 is 10.6 Å². The molecule has 0 saturated heterocycles. The molecule has 0 unspecified atom stereocenters. The first kappa shape index (κ1) is 15.2. The molecule has 0 heterocycles. The minimum Gasteiger partial charge on any atom is -0.478 e. The SMILES string of the molecule is O=C(NCC1CCCC1)Nc1cc(C(=O)O)c(F)cc1F. The zero-order chi connectivity index (χ0) is 15.4. The van der Waals surface area contributed by atoms with Gasteiger partial charge in [-0.1, -0.05) is 12.8 Å². The summed E-state index contributed by atoms with van der Waals surface area (Å²) in [5.41, 5.74) is -1.06. The second-order valence-corrected chi connectivity index (χ2v) is 5.10. The lowest BCUT2D eigenvalue weighted by molar-refractivity contribution is 0.0692. The lowest BCUT2D eigenvalue weighted by Crippen LogP contribution is -2.32. The van der Waals surface area contributed by atoms with Crippen LogP contribution in [0.4, 0.5) is 19.3 Å². The molecule has 2 rings (SSSR count). The van der Waals surface area contributed by atoms with E-state index in [2.05, 4.69) is 10.6 Å². The maximum Gasteiger partial charge on any atom is 0.338 e. The van der Waals surface area contributed by atoms with Crippen LogP contribution in [0.1, 0.15) is 36.0 Å². The molecule has 1 aromatic rings. The van der Waals surface area contributed by atoms with Crippen LogP contribution in [0.15, 0.2) is 12.1 Å². The first-order valence-corrected chi connectivity index (χ1v) is 6.74. The van der Waals surface area contributed by atoms with Crippen LogP contribution in [0.5, 0.6) is 0 Å². The summed E-state index contributed by atoms with van der Waals surface area (Å²) in [7, 11) is 0. The molecule has 114 valence electrons. The van der Waals surface area contributed by atoms with Crippen molar-refractivity contribution in [3.63, 3.8) is 0 Å². The van der Waals surface area contributed by atoms with E-state index in [1.54, 1.807) is 0 Å². The molecule has 1 aromatic carbocycles. The van der Waals surface area contributed by atoms with E-state index in [9.17, 15) is 18.4 Å². The van der Waals surface area contributed by atoms with Crippen molar-refractivity contribution in [1.29, 1.82) is 0 Å². The zero-order valence-corrected chi connectivity index (χ0v) is 11.3. The third kappa shape index (κ3) is 3.90. The quantitative estimate of drug-likeness (QED) is 0.799. The molecule has 2 amide bonds. The Morgan fingerprint density at radius 2 is 1.86 bits per heavy atom. The van der Waals surface area contributed by atoms with Gasteiger partial charge in [0.25, 0.3) is 0 Å². The smallest absolute Gasteiger partial charge is 0.338 e. The zero-order valence-electron chi connectivity index (χ0n) is 11.3. The predicted molar refractivity (Wildman–Crippen MR) is 72.3 cm³/mol. The second kappa shape index (κ2) is 6.51. The van der Waals surface area contributed by atoms with Crippen molar-refractivity contribution in [2.24, 2.45) is 5.92 Å². The highest BCUT2D eigenvalue weighted by atomic mass is 19.1. The van der Waals surface area contributed by atoms with Gasteiger partial charge in [0.1, 0.15) is 11.6 Å². The lowest BCUT2D eigenvalue weighted by Gasteiger charge is -2.12. The Kier molecular flexibility index (Phi) is 4.72. The number of nitrogens with one attached hydrogen (secondary N) is 2. The van der Waals surface area contributed by atoms with Crippen LogP contribution in [0.25, 0.3) is 0 Å². The second-order valence-electron chi connectivity index (χ2n) is 5.10. The number of carbonyl (C=O) groups is 2. The van der Waals surface area contributed by atoms with Gasteiger partial charge in [0.2, 0.25) is 0 Å². The van der Waals surface area contributed by atoms with Gasteiger partial charge in [-0.05, 0) is 24.8 Å². The monoisotopic (exact) mass is 298 g/mol. The Labute approximate surface area is 120 Å². The van der Waals surface area contributed by atoms with Crippen molar-refractivity contribution >= 4 is 17.7 Å². The van der Waals surface area contributed by atoms with Gasteiger partial charge in [-0.3, -0.25) is 0 Å². The van der Waals surface area contributed by atoms with E-state index in [1.807, 2.05) is 0 Å². The van der Waals surface area contributed by atoms with Crippen LogP contribution in [0.2, 0.25) is 0 Å². The summed E-state index contributed by atoms with van der Waals surface area (Å²) in [5.74, 6) is -3.31. The van der Waals surface area contributed by atoms with E-state index in [0.29, 0.717) is 18.5 Å². The van der Waals surface area contributed by atoms with Gasteiger partial charge in [0.15, 0.2) is 0 Å². The molecule has 3 N–H and O–H groups in total. The summed E-state index contributed by atoms with van der Waals surface area (Å²) < 4.78 is 26.7. The van der Waals surface area contributed by atoms with Gasteiger partial charge in [0.05, 0.1) is 11.3 Å². The van der Waals surface area contributed by atoms with Gasteiger partial charge >= 0.3 is 12.0 Å². The normalized spacial score (nSPS) is 15.0. The van der Waals surface area contributed by atoms with Crippen LogP contribution >= 0.6 is 0 Å². The number of hydrogen-bond donors (Lipinski definition) is 3.